The Balaban J connectivity index is 1.44. The molecule has 15 heteroatoms. The van der Waals surface area contributed by atoms with E-state index in [0.717, 1.165) is 49.9 Å². The van der Waals surface area contributed by atoms with Crippen LogP contribution in [0.4, 0.5) is 24.1 Å². The van der Waals surface area contributed by atoms with Gasteiger partial charge in [-0.05, 0) is 48.7 Å². The Morgan fingerprint density at radius 3 is 2.66 bits per heavy atom. The minimum absolute atomic E-state index is 0.00305. The lowest BCUT2D eigenvalue weighted by atomic mass is 9.86. The summed E-state index contributed by atoms with van der Waals surface area (Å²) in [5.41, 5.74) is 7.09. The number of ether oxygens (including phenoxy) is 2. The normalized spacial score (nSPS) is 21.7. The van der Waals surface area contributed by atoms with Crippen molar-refractivity contribution in [2.24, 2.45) is 10.9 Å². The molecule has 2 aliphatic heterocycles. The Labute approximate surface area is 252 Å². The summed E-state index contributed by atoms with van der Waals surface area (Å²) in [4.78, 5) is 54.7. The number of nitrogens with one attached hydrogen (secondary N) is 5. The number of hydrazine groups is 1. The largest absolute Gasteiger partial charge is 0.468 e. The Hall–Kier alpha value is -4.47. The summed E-state index contributed by atoms with van der Waals surface area (Å²) in [7, 11) is 2.47. The van der Waals surface area contributed by atoms with Crippen molar-refractivity contribution in [1.82, 2.24) is 26.3 Å². The van der Waals surface area contributed by atoms with E-state index < -0.39 is 41.6 Å². The molecular formula is C29H35F2N7O6. The average molecular weight is 616 g/mol. The molecule has 4 rings (SSSR count). The van der Waals surface area contributed by atoms with Crippen LogP contribution in [0.25, 0.3) is 0 Å². The van der Waals surface area contributed by atoms with Crippen LogP contribution in [-0.4, -0.2) is 81.6 Å². The number of amides is 5. The van der Waals surface area contributed by atoms with E-state index in [4.69, 9.17) is 9.47 Å². The van der Waals surface area contributed by atoms with Crippen molar-refractivity contribution in [2.75, 3.05) is 45.9 Å². The number of aliphatic imine (C=N–C) groups is 1. The van der Waals surface area contributed by atoms with E-state index in [1.807, 2.05) is 24.3 Å². The Morgan fingerprint density at radius 2 is 1.93 bits per heavy atom. The van der Waals surface area contributed by atoms with Gasteiger partial charge in [0.15, 0.2) is 11.6 Å². The van der Waals surface area contributed by atoms with Crippen LogP contribution in [0.5, 0.6) is 0 Å². The lowest BCUT2D eigenvalue weighted by Gasteiger charge is -2.37. The number of hydrogen-bond donors (Lipinski definition) is 5. The molecule has 2 aromatic carbocycles. The standard InChI is InChI=1S/C29H35F2N7O6/c1-43-15-24-25(27(40)44-2)26(17-7-8-20(30)21(31)13-17)38(29(42)36-24)28(41)34-12-11-32-18-9-10-33-23(14-18)19-5-3-4-6-22(19)37-35-16-39/h3-8,13,16,18,23,25-26,32-33,37H,9-12,14-15H2,1-2H3,(H,34,41)(H,35,39)/t18?,23?,25?,26-/m0/s1. The van der Waals surface area contributed by atoms with Crippen molar-refractivity contribution < 1.29 is 37.4 Å². The number of esters is 1. The zero-order chi connectivity index (χ0) is 31.6. The summed E-state index contributed by atoms with van der Waals surface area (Å²) in [5.74, 6) is -4.48. The maximum atomic E-state index is 14.3. The minimum atomic E-state index is -1.37. The van der Waals surface area contributed by atoms with Gasteiger partial charge in [0, 0.05) is 32.3 Å². The van der Waals surface area contributed by atoms with Gasteiger partial charge in [0.25, 0.3) is 0 Å². The second-order valence-electron chi connectivity index (χ2n) is 10.2. The fourth-order valence-corrected chi connectivity index (χ4v) is 5.50. The number of carbonyl (C=O) groups is 4. The van der Waals surface area contributed by atoms with Gasteiger partial charge in [-0.2, -0.15) is 4.99 Å². The predicted octanol–water partition coefficient (Wildman–Crippen LogP) is 2.18. The SMILES string of the molecule is COCC1=NC(=O)N(C(=O)NCCNC2CCNC(c3ccccc3NNC=O)C2)[C@@H](c2ccc(F)c(F)c2)C1C(=O)OC. The molecule has 236 valence electrons. The molecule has 2 aliphatic rings. The first-order valence-corrected chi connectivity index (χ1v) is 14.0. The van der Waals surface area contributed by atoms with E-state index in [0.29, 0.717) is 17.9 Å². The van der Waals surface area contributed by atoms with E-state index in [-0.39, 0.29) is 36.5 Å². The summed E-state index contributed by atoms with van der Waals surface area (Å²) >= 11 is 0. The van der Waals surface area contributed by atoms with Crippen LogP contribution in [0, 0.1) is 17.6 Å². The first-order chi connectivity index (χ1) is 21.3. The smallest absolute Gasteiger partial charge is 0.352 e. The number of piperidine rings is 1. The molecule has 44 heavy (non-hydrogen) atoms. The van der Waals surface area contributed by atoms with Gasteiger partial charge in [-0.25, -0.2) is 23.3 Å². The molecule has 5 amide bonds. The summed E-state index contributed by atoms with van der Waals surface area (Å²) in [5, 5.41) is 9.55. The molecule has 5 N–H and O–H groups in total. The van der Waals surface area contributed by atoms with Gasteiger partial charge < -0.3 is 25.4 Å². The van der Waals surface area contributed by atoms with Gasteiger partial charge in [-0.15, -0.1) is 0 Å². The number of imide groups is 1. The number of rotatable bonds is 12. The van der Waals surface area contributed by atoms with Crippen LogP contribution in [0.3, 0.4) is 0 Å². The van der Waals surface area contributed by atoms with E-state index >= 15 is 0 Å². The fraction of sp³-hybridized carbons (Fsp3) is 0.414. The third-order valence-corrected chi connectivity index (χ3v) is 7.49. The van der Waals surface area contributed by atoms with Crippen molar-refractivity contribution in [1.29, 1.82) is 0 Å². The third-order valence-electron chi connectivity index (χ3n) is 7.49. The molecule has 13 nitrogen and oxygen atoms in total. The number of carbonyl (C=O) groups excluding carboxylic acids is 4. The highest BCUT2D eigenvalue weighted by molar-refractivity contribution is 6.12. The molecule has 0 spiro atoms. The topological polar surface area (TPSA) is 162 Å². The van der Waals surface area contributed by atoms with Crippen LogP contribution >= 0.6 is 0 Å². The van der Waals surface area contributed by atoms with Gasteiger partial charge in [0.2, 0.25) is 6.41 Å². The van der Waals surface area contributed by atoms with Gasteiger partial charge in [0.05, 0.1) is 31.2 Å². The highest BCUT2D eigenvalue weighted by Gasteiger charge is 2.47. The maximum Gasteiger partial charge on any atom is 0.352 e. The van der Waals surface area contributed by atoms with Crippen molar-refractivity contribution >= 4 is 35.8 Å². The number of anilines is 1. The molecule has 3 unspecified atom stereocenters. The van der Waals surface area contributed by atoms with Crippen LogP contribution in [0.2, 0.25) is 0 Å². The molecule has 1 saturated heterocycles. The van der Waals surface area contributed by atoms with Gasteiger partial charge in [-0.1, -0.05) is 24.3 Å². The van der Waals surface area contributed by atoms with Crippen molar-refractivity contribution in [3.8, 4) is 0 Å². The summed E-state index contributed by atoms with van der Waals surface area (Å²) in [6.45, 7) is 0.975. The second kappa shape index (κ2) is 15.3. The van der Waals surface area contributed by atoms with E-state index in [2.05, 4.69) is 31.8 Å². The maximum absolute atomic E-state index is 14.3. The van der Waals surface area contributed by atoms with E-state index in [1.165, 1.54) is 13.2 Å². The molecule has 0 bridgehead atoms. The number of methoxy groups -OCH3 is 2. The van der Waals surface area contributed by atoms with Gasteiger partial charge in [-0.3, -0.25) is 20.4 Å². The number of para-hydroxylation sites is 1. The van der Waals surface area contributed by atoms with E-state index in [1.54, 1.807) is 0 Å². The Bertz CT molecular complexity index is 1390. The molecule has 0 aliphatic carbocycles. The zero-order valence-corrected chi connectivity index (χ0v) is 24.3. The minimum Gasteiger partial charge on any atom is -0.468 e. The highest BCUT2D eigenvalue weighted by atomic mass is 19.2. The first-order valence-electron chi connectivity index (χ1n) is 14.0. The Kier molecular flexibility index (Phi) is 11.3. The fourth-order valence-electron chi connectivity index (χ4n) is 5.50. The lowest BCUT2D eigenvalue weighted by Crippen LogP contribution is -2.54. The van der Waals surface area contributed by atoms with Crippen LogP contribution in [0.1, 0.15) is 36.1 Å². The lowest BCUT2D eigenvalue weighted by molar-refractivity contribution is -0.144. The number of hydrogen-bond acceptors (Lipinski definition) is 9. The average Bonchev–Trinajstić information content (AvgIpc) is 3.03. The predicted molar refractivity (Wildman–Crippen MR) is 156 cm³/mol. The van der Waals surface area contributed by atoms with Gasteiger partial charge >= 0.3 is 18.0 Å². The number of urea groups is 2. The number of benzene rings is 2. The highest BCUT2D eigenvalue weighted by Crippen LogP contribution is 2.36. The number of halogens is 2. The monoisotopic (exact) mass is 615 g/mol. The molecule has 2 aromatic rings. The third kappa shape index (κ3) is 7.53. The molecule has 2 heterocycles. The van der Waals surface area contributed by atoms with Crippen molar-refractivity contribution in [3.63, 3.8) is 0 Å². The molecule has 0 saturated carbocycles. The van der Waals surface area contributed by atoms with E-state index in [9.17, 15) is 28.0 Å². The summed E-state index contributed by atoms with van der Waals surface area (Å²) in [6.07, 6.45) is 2.11. The van der Waals surface area contributed by atoms with Crippen LogP contribution < -0.4 is 26.8 Å². The molecule has 1 fully saturated rings. The number of nitrogens with zero attached hydrogens (tertiary/aromatic N) is 2. The van der Waals surface area contributed by atoms with Gasteiger partial charge in [0.1, 0.15) is 5.92 Å². The van der Waals surface area contributed by atoms with Crippen LogP contribution in [-0.2, 0) is 19.1 Å². The summed E-state index contributed by atoms with van der Waals surface area (Å²) in [6, 6.07) is 7.36. The zero-order valence-electron chi connectivity index (χ0n) is 24.3. The van der Waals surface area contributed by atoms with Crippen LogP contribution in [0.15, 0.2) is 47.5 Å². The van der Waals surface area contributed by atoms with Crippen molar-refractivity contribution in [2.45, 2.75) is 31.0 Å². The molecular weight excluding hydrogens is 580 g/mol. The first kappa shape index (κ1) is 32.4. The Morgan fingerprint density at radius 1 is 1.14 bits per heavy atom. The molecule has 0 radical (unpaired) electrons. The quantitative estimate of drug-likeness (QED) is 0.104. The second-order valence-corrected chi connectivity index (χ2v) is 10.2. The molecule has 4 atom stereocenters. The molecule has 0 aromatic heterocycles. The summed E-state index contributed by atoms with van der Waals surface area (Å²) < 4.78 is 38.1. The van der Waals surface area contributed by atoms with Crippen molar-refractivity contribution in [3.05, 3.63) is 65.2 Å².